The fourth-order valence-electron chi connectivity index (χ4n) is 4.04. The molecule has 150 valence electrons. The predicted molar refractivity (Wildman–Crippen MR) is 115 cm³/mol. The Balaban J connectivity index is 1.59. The number of likely N-dealkylation sites (tertiary alicyclic amines) is 1. The van der Waals surface area contributed by atoms with Gasteiger partial charge in [0.2, 0.25) is 0 Å². The number of piperidine rings is 1. The van der Waals surface area contributed by atoms with Crippen LogP contribution < -0.4 is 14.5 Å². The highest BCUT2D eigenvalue weighted by molar-refractivity contribution is 7.17. The second-order valence-electron chi connectivity index (χ2n) is 7.76. The van der Waals surface area contributed by atoms with Crippen molar-refractivity contribution in [2.24, 2.45) is 0 Å². The predicted octanol–water partition coefficient (Wildman–Crippen LogP) is 3.72. The molecule has 1 aromatic carbocycles. The lowest BCUT2D eigenvalue weighted by molar-refractivity contribution is 0.102. The fourth-order valence-corrected chi connectivity index (χ4v) is 5.05. The van der Waals surface area contributed by atoms with E-state index < -0.39 is 0 Å². The molecule has 2 aromatic rings. The Hall–Kier alpha value is -2.12. The Bertz CT molecular complexity index is 873. The number of ketones is 1. The SMILES string of the molecule is CC(=O)c1sc(N2CCOc3cc(N(C)C4CCN(C)CC4)ccc32)nc1C. The zero-order valence-electron chi connectivity index (χ0n) is 17.1. The molecule has 7 heteroatoms. The van der Waals surface area contributed by atoms with Gasteiger partial charge in [-0.2, -0.15) is 0 Å². The largest absolute Gasteiger partial charge is 0.489 e. The molecule has 0 saturated carbocycles. The molecule has 0 N–H and O–H groups in total. The van der Waals surface area contributed by atoms with Crippen molar-refractivity contribution in [1.29, 1.82) is 0 Å². The van der Waals surface area contributed by atoms with Crippen molar-refractivity contribution in [2.45, 2.75) is 32.7 Å². The molecule has 3 heterocycles. The second-order valence-corrected chi connectivity index (χ2v) is 8.74. The van der Waals surface area contributed by atoms with Gasteiger partial charge in [0.05, 0.1) is 22.8 Å². The third-order valence-electron chi connectivity index (χ3n) is 5.79. The molecule has 0 spiro atoms. The summed E-state index contributed by atoms with van der Waals surface area (Å²) in [5, 5.41) is 0.865. The van der Waals surface area contributed by atoms with Crippen LogP contribution in [0.1, 0.15) is 35.1 Å². The number of aryl methyl sites for hydroxylation is 1. The number of hydrogen-bond donors (Lipinski definition) is 0. The molecule has 2 aliphatic heterocycles. The Morgan fingerprint density at radius 3 is 2.71 bits per heavy atom. The third-order valence-corrected chi connectivity index (χ3v) is 7.07. The number of thiazole rings is 1. The number of anilines is 3. The summed E-state index contributed by atoms with van der Waals surface area (Å²) in [4.78, 5) is 24.1. The molecule has 4 rings (SSSR count). The Kier molecular flexibility index (Phi) is 5.29. The minimum atomic E-state index is 0.0739. The minimum Gasteiger partial charge on any atom is -0.489 e. The molecular formula is C21H28N4O2S. The smallest absolute Gasteiger partial charge is 0.190 e. The van der Waals surface area contributed by atoms with Gasteiger partial charge < -0.3 is 19.4 Å². The van der Waals surface area contributed by atoms with Crippen LogP contribution in [-0.4, -0.2) is 62.0 Å². The van der Waals surface area contributed by atoms with Gasteiger partial charge in [-0.1, -0.05) is 11.3 Å². The van der Waals surface area contributed by atoms with Crippen molar-refractivity contribution in [2.75, 3.05) is 50.1 Å². The van der Waals surface area contributed by atoms with E-state index in [0.717, 1.165) is 46.8 Å². The first-order valence-electron chi connectivity index (χ1n) is 9.88. The van der Waals surface area contributed by atoms with Crippen molar-refractivity contribution >= 4 is 33.6 Å². The van der Waals surface area contributed by atoms with Crippen LogP contribution in [0, 0.1) is 6.92 Å². The number of rotatable bonds is 4. The molecule has 0 amide bonds. The van der Waals surface area contributed by atoms with E-state index in [1.807, 2.05) is 6.92 Å². The molecule has 1 saturated heterocycles. The van der Waals surface area contributed by atoms with E-state index in [1.54, 1.807) is 6.92 Å². The summed E-state index contributed by atoms with van der Waals surface area (Å²) in [5.74, 6) is 0.964. The zero-order valence-corrected chi connectivity index (χ0v) is 17.9. The van der Waals surface area contributed by atoms with Gasteiger partial charge in [-0.05, 0) is 52.0 Å². The van der Waals surface area contributed by atoms with Crippen molar-refractivity contribution in [1.82, 2.24) is 9.88 Å². The van der Waals surface area contributed by atoms with Crippen LogP contribution in [0.5, 0.6) is 5.75 Å². The average molecular weight is 401 g/mol. The van der Waals surface area contributed by atoms with E-state index in [2.05, 4.69) is 52.0 Å². The number of hydrogen-bond acceptors (Lipinski definition) is 7. The molecule has 1 fully saturated rings. The number of Topliss-reactive ketones (excluding diaryl/α,β-unsaturated/α-hetero) is 1. The summed E-state index contributed by atoms with van der Waals surface area (Å²) >= 11 is 1.47. The van der Waals surface area contributed by atoms with Crippen LogP contribution in [0.15, 0.2) is 18.2 Å². The van der Waals surface area contributed by atoms with Crippen LogP contribution in [0.4, 0.5) is 16.5 Å². The third kappa shape index (κ3) is 3.61. The summed E-state index contributed by atoms with van der Waals surface area (Å²) < 4.78 is 5.99. The fraction of sp³-hybridized carbons (Fsp3) is 0.524. The normalized spacial score (nSPS) is 17.9. The first-order chi connectivity index (χ1) is 13.4. The Morgan fingerprint density at radius 1 is 1.29 bits per heavy atom. The average Bonchev–Trinajstić information content (AvgIpc) is 3.09. The van der Waals surface area contributed by atoms with Crippen molar-refractivity contribution in [3.63, 3.8) is 0 Å². The van der Waals surface area contributed by atoms with Crippen molar-refractivity contribution in [3.8, 4) is 5.75 Å². The summed E-state index contributed by atoms with van der Waals surface area (Å²) in [6.07, 6.45) is 2.37. The molecule has 2 aliphatic rings. The second kappa shape index (κ2) is 7.72. The number of nitrogens with zero attached hydrogens (tertiary/aromatic N) is 4. The van der Waals surface area contributed by atoms with Crippen molar-refractivity contribution < 1.29 is 9.53 Å². The number of benzene rings is 1. The highest BCUT2D eigenvalue weighted by Crippen LogP contribution is 2.41. The number of fused-ring (bicyclic) bond motifs is 1. The van der Waals surface area contributed by atoms with Gasteiger partial charge in [0.1, 0.15) is 12.4 Å². The first kappa shape index (κ1) is 19.2. The lowest BCUT2D eigenvalue weighted by atomic mass is 10.0. The van der Waals surface area contributed by atoms with Gasteiger partial charge in [-0.25, -0.2) is 4.98 Å². The van der Waals surface area contributed by atoms with E-state index in [0.29, 0.717) is 12.6 Å². The van der Waals surface area contributed by atoms with Crippen LogP contribution in [0.3, 0.4) is 0 Å². The van der Waals surface area contributed by atoms with Crippen LogP contribution in [0.25, 0.3) is 0 Å². The highest BCUT2D eigenvalue weighted by Gasteiger charge is 2.26. The highest BCUT2D eigenvalue weighted by atomic mass is 32.1. The molecule has 28 heavy (non-hydrogen) atoms. The number of carbonyl (C=O) groups excluding carboxylic acids is 1. The molecule has 0 atom stereocenters. The van der Waals surface area contributed by atoms with Gasteiger partial charge >= 0.3 is 0 Å². The number of aromatic nitrogens is 1. The van der Waals surface area contributed by atoms with Crippen molar-refractivity contribution in [3.05, 3.63) is 28.8 Å². The summed E-state index contributed by atoms with van der Waals surface area (Å²) in [7, 11) is 4.37. The summed E-state index contributed by atoms with van der Waals surface area (Å²) in [6.45, 7) is 7.14. The summed E-state index contributed by atoms with van der Waals surface area (Å²) in [5.41, 5.74) is 3.02. The molecule has 0 bridgehead atoms. The van der Waals surface area contributed by atoms with Gasteiger partial charge in [-0.3, -0.25) is 4.79 Å². The minimum absolute atomic E-state index is 0.0739. The quantitative estimate of drug-likeness (QED) is 0.729. The van der Waals surface area contributed by atoms with E-state index in [1.165, 1.54) is 29.9 Å². The Labute approximate surface area is 170 Å². The first-order valence-corrected chi connectivity index (χ1v) is 10.7. The van der Waals surface area contributed by atoms with Gasteiger partial charge in [-0.15, -0.1) is 0 Å². The molecule has 0 radical (unpaired) electrons. The van der Waals surface area contributed by atoms with Crippen LogP contribution in [0.2, 0.25) is 0 Å². The maximum Gasteiger partial charge on any atom is 0.190 e. The van der Waals surface area contributed by atoms with E-state index >= 15 is 0 Å². The van der Waals surface area contributed by atoms with Gasteiger partial charge in [0.25, 0.3) is 0 Å². The lowest BCUT2D eigenvalue weighted by Gasteiger charge is -2.37. The molecule has 0 unspecified atom stereocenters. The summed E-state index contributed by atoms with van der Waals surface area (Å²) in [6, 6.07) is 7.00. The standard InChI is InChI=1S/C21H28N4O2S/c1-14-20(15(2)26)28-21(22-14)25-11-12-27-19-13-17(5-6-18(19)25)24(4)16-7-9-23(3)10-8-16/h5-6,13,16H,7-12H2,1-4H3. The van der Waals surface area contributed by atoms with E-state index in [9.17, 15) is 4.79 Å². The monoisotopic (exact) mass is 400 g/mol. The number of carbonyl (C=O) groups is 1. The van der Waals surface area contributed by atoms with Gasteiger partial charge in [0.15, 0.2) is 10.9 Å². The molecule has 1 aromatic heterocycles. The van der Waals surface area contributed by atoms with E-state index in [4.69, 9.17) is 4.74 Å². The van der Waals surface area contributed by atoms with Gasteiger partial charge in [0, 0.05) is 31.8 Å². The van der Waals surface area contributed by atoms with E-state index in [-0.39, 0.29) is 5.78 Å². The Morgan fingerprint density at radius 2 is 2.04 bits per heavy atom. The van der Waals surface area contributed by atoms with Crippen LogP contribution >= 0.6 is 11.3 Å². The molecule has 0 aliphatic carbocycles. The molecular weight excluding hydrogens is 372 g/mol. The molecule has 6 nitrogen and oxygen atoms in total. The van der Waals surface area contributed by atoms with Crippen LogP contribution in [-0.2, 0) is 0 Å². The topological polar surface area (TPSA) is 48.9 Å². The maximum atomic E-state index is 11.8. The maximum absolute atomic E-state index is 11.8. The number of ether oxygens (including phenoxy) is 1. The lowest BCUT2D eigenvalue weighted by Crippen LogP contribution is -2.42. The zero-order chi connectivity index (χ0) is 19.8.